The number of hydrogen-bond acceptors (Lipinski definition) is 0. The van der Waals surface area contributed by atoms with E-state index in [9.17, 15) is 0 Å². The molecule has 0 aliphatic carbocycles. The van der Waals surface area contributed by atoms with Crippen molar-refractivity contribution < 1.29 is 0 Å². The van der Waals surface area contributed by atoms with Gasteiger partial charge in [-0.25, -0.2) is 0 Å². The van der Waals surface area contributed by atoms with E-state index in [-0.39, 0.29) is 0 Å². The van der Waals surface area contributed by atoms with Crippen molar-refractivity contribution in [3.63, 3.8) is 0 Å². The molecule has 0 aromatic heterocycles. The van der Waals surface area contributed by atoms with Gasteiger partial charge in [-0.3, -0.25) is 0 Å². The number of hydrogen-bond donors (Lipinski definition) is 0. The summed E-state index contributed by atoms with van der Waals surface area (Å²) in [5, 5.41) is 1.40. The first kappa shape index (κ1) is 10.8. The van der Waals surface area contributed by atoms with Gasteiger partial charge in [0.05, 0.1) is 0 Å². The van der Waals surface area contributed by atoms with Crippen LogP contribution in [0.5, 0.6) is 0 Å². The molecule has 0 saturated carbocycles. The van der Waals surface area contributed by atoms with Crippen LogP contribution < -0.4 is 0 Å². The summed E-state index contributed by atoms with van der Waals surface area (Å²) in [6.07, 6.45) is 0. The van der Waals surface area contributed by atoms with Crippen molar-refractivity contribution in [2.75, 3.05) is 0 Å². The summed E-state index contributed by atoms with van der Waals surface area (Å²) >= 11 is 2.32. The Kier molecular flexibility index (Phi) is 5.91. The summed E-state index contributed by atoms with van der Waals surface area (Å²) in [7, 11) is -0.717. The van der Waals surface area contributed by atoms with Gasteiger partial charge in [-0.05, 0) is 0 Å². The average molecular weight is 150 g/mol. The van der Waals surface area contributed by atoms with E-state index in [1.54, 1.807) is 6.04 Å². The molecule has 2 heteroatoms. The third kappa shape index (κ3) is 2.82. The fraction of sp³-hybridized carbons (Fsp3) is 1.00. The van der Waals surface area contributed by atoms with Crippen molar-refractivity contribution in [2.45, 2.75) is 50.0 Å². The van der Waals surface area contributed by atoms with Crippen LogP contribution in [0.15, 0.2) is 0 Å². The van der Waals surface area contributed by atoms with Gasteiger partial charge < -0.3 is 0 Å². The van der Waals surface area contributed by atoms with E-state index >= 15 is 0 Å². The molecule has 56 valence electrons. The topological polar surface area (TPSA) is 0 Å². The van der Waals surface area contributed by atoms with Gasteiger partial charge in [0.25, 0.3) is 0 Å². The van der Waals surface area contributed by atoms with E-state index in [1.165, 1.54) is 23.2 Å². The zero-order valence-electron chi connectivity index (χ0n) is 8.04. The van der Waals surface area contributed by atoms with E-state index in [0.29, 0.717) is 0 Å². The third-order valence-electron chi connectivity index (χ3n) is 3.03. The van der Waals surface area contributed by atoms with Crippen LogP contribution in [0.3, 0.4) is 0 Å². The molecule has 10 heavy (non-hydrogen) atoms. The van der Waals surface area contributed by atoms with Gasteiger partial charge in [-0.1, -0.05) is 0 Å². The first-order valence-electron chi connectivity index (χ1n) is 4.74. The Bertz CT molecular complexity index is 71.1. The van der Waals surface area contributed by atoms with Crippen LogP contribution >= 0.6 is 0 Å². The Labute approximate surface area is 76.0 Å². The second kappa shape index (κ2) is 5.46. The van der Waals surface area contributed by atoms with Crippen LogP contribution in [0.4, 0.5) is 0 Å². The summed E-state index contributed by atoms with van der Waals surface area (Å²) in [5.41, 5.74) is 0. The van der Waals surface area contributed by atoms with E-state index in [1.807, 2.05) is 0 Å². The van der Waals surface area contributed by atoms with Crippen molar-refractivity contribution in [1.82, 2.24) is 0 Å². The SMILES string of the molecule is [Li][CH2]C[Si](CC)(CC)CC. The van der Waals surface area contributed by atoms with E-state index in [2.05, 4.69) is 38.5 Å². The maximum absolute atomic E-state index is 2.38. The molecular formula is C8H19LiSi. The summed E-state index contributed by atoms with van der Waals surface area (Å²) in [4.78, 5) is 0. The van der Waals surface area contributed by atoms with Crippen molar-refractivity contribution in [2.24, 2.45) is 0 Å². The summed E-state index contributed by atoms with van der Waals surface area (Å²) < 4.78 is 0. The Morgan fingerprint density at radius 2 is 1.40 bits per heavy atom. The zero-order valence-corrected chi connectivity index (χ0v) is 9.04. The van der Waals surface area contributed by atoms with E-state index in [0.717, 1.165) is 0 Å². The fourth-order valence-electron chi connectivity index (χ4n) is 1.81. The van der Waals surface area contributed by atoms with Crippen molar-refractivity contribution >= 4 is 25.8 Å². The van der Waals surface area contributed by atoms with E-state index < -0.39 is 8.07 Å². The first-order chi connectivity index (χ1) is 4.74. The van der Waals surface area contributed by atoms with Crippen LogP contribution in [0.2, 0.25) is 29.3 Å². The summed E-state index contributed by atoms with van der Waals surface area (Å²) in [6.45, 7) is 7.15. The van der Waals surface area contributed by atoms with Crippen LogP contribution in [0.25, 0.3) is 0 Å². The Morgan fingerprint density at radius 3 is 1.50 bits per heavy atom. The minimum absolute atomic E-state index is 0.717. The standard InChI is InChI=1S/C8H19Si.Li/c1-5-9(6-2,7-3)8-4;/h1,5-8H2,2-4H3;. The molecule has 0 atom stereocenters. The maximum atomic E-state index is 2.38. The molecule has 0 aliphatic heterocycles. The molecule has 0 amide bonds. The zero-order chi connectivity index (χ0) is 8.04. The van der Waals surface area contributed by atoms with Crippen molar-refractivity contribution in [3.8, 4) is 0 Å². The quantitative estimate of drug-likeness (QED) is 0.528. The Hall–Kier alpha value is 0.814. The molecular weight excluding hydrogens is 131 g/mol. The Morgan fingerprint density at radius 1 is 1.00 bits per heavy atom. The second-order valence-corrected chi connectivity index (χ2v) is 8.93. The Balaban J connectivity index is 3.87. The molecule has 0 bridgehead atoms. The monoisotopic (exact) mass is 150 g/mol. The number of rotatable bonds is 5. The second-order valence-electron chi connectivity index (χ2n) is 3.31. The molecule has 0 nitrogen and oxygen atoms in total. The van der Waals surface area contributed by atoms with Gasteiger partial charge in [0.15, 0.2) is 0 Å². The van der Waals surface area contributed by atoms with Crippen LogP contribution in [0.1, 0.15) is 20.8 Å². The van der Waals surface area contributed by atoms with Gasteiger partial charge in [0.1, 0.15) is 0 Å². The van der Waals surface area contributed by atoms with Crippen molar-refractivity contribution in [3.05, 3.63) is 0 Å². The summed E-state index contributed by atoms with van der Waals surface area (Å²) in [5.74, 6) is 0. The van der Waals surface area contributed by atoms with Gasteiger partial charge in [-0.15, -0.1) is 0 Å². The minimum atomic E-state index is -0.717. The molecule has 0 heterocycles. The molecule has 0 saturated heterocycles. The normalized spacial score (nSPS) is 12.1. The van der Waals surface area contributed by atoms with Gasteiger partial charge in [-0.2, -0.15) is 0 Å². The average Bonchev–Trinajstić information content (AvgIpc) is 2.01. The van der Waals surface area contributed by atoms with Crippen LogP contribution in [-0.2, 0) is 0 Å². The van der Waals surface area contributed by atoms with Crippen LogP contribution in [-0.4, -0.2) is 25.8 Å². The molecule has 0 radical (unpaired) electrons. The van der Waals surface area contributed by atoms with Gasteiger partial charge >= 0.3 is 75.8 Å². The van der Waals surface area contributed by atoms with Crippen LogP contribution in [0, 0.1) is 0 Å². The molecule has 0 unspecified atom stereocenters. The predicted molar refractivity (Wildman–Crippen MR) is 52.6 cm³/mol. The first-order valence-corrected chi connectivity index (χ1v) is 7.57. The predicted octanol–water partition coefficient (Wildman–Crippen LogP) is 3.08. The van der Waals surface area contributed by atoms with Gasteiger partial charge in [0, 0.05) is 0 Å². The molecule has 0 fully saturated rings. The fourth-order valence-corrected chi connectivity index (χ4v) is 5.43. The summed E-state index contributed by atoms with van der Waals surface area (Å²) in [6, 6.07) is 6.03. The molecule has 0 rings (SSSR count). The molecule has 0 aliphatic rings. The van der Waals surface area contributed by atoms with Gasteiger partial charge in [0.2, 0.25) is 0 Å². The molecule has 0 aromatic carbocycles. The third-order valence-corrected chi connectivity index (χ3v) is 9.09. The van der Waals surface area contributed by atoms with E-state index in [4.69, 9.17) is 0 Å². The molecule has 0 spiro atoms. The molecule has 0 aromatic rings. The van der Waals surface area contributed by atoms with Crippen molar-refractivity contribution in [1.29, 1.82) is 0 Å². The molecule has 0 N–H and O–H groups in total.